The average molecular weight is 304 g/mol. The van der Waals surface area contributed by atoms with Crippen molar-refractivity contribution in [1.29, 1.82) is 0 Å². The Morgan fingerprint density at radius 2 is 2.19 bits per heavy atom. The Morgan fingerprint density at radius 1 is 1.43 bits per heavy atom. The average Bonchev–Trinajstić information content (AvgIpc) is 3.04. The molecule has 1 aliphatic rings. The largest absolute Gasteiger partial charge is 0.342 e. The molecule has 112 valence electrons. The summed E-state index contributed by atoms with van der Waals surface area (Å²) < 4.78 is 1.86. The van der Waals surface area contributed by atoms with Gasteiger partial charge in [0, 0.05) is 29.4 Å². The Bertz CT molecular complexity index is 673. The first kappa shape index (κ1) is 14.3. The number of hydrogen-bond donors (Lipinski definition) is 1. The zero-order valence-electron chi connectivity index (χ0n) is 12.6. The molecular weight excluding hydrogens is 284 g/mol. The van der Waals surface area contributed by atoms with Crippen molar-refractivity contribution in [2.45, 2.75) is 45.6 Å². The maximum Gasteiger partial charge on any atom is 0.272 e. The minimum atomic E-state index is -0.0888. The second-order valence-corrected chi connectivity index (χ2v) is 6.52. The van der Waals surface area contributed by atoms with Crippen molar-refractivity contribution in [2.24, 2.45) is 7.05 Å². The lowest BCUT2D eigenvalue weighted by Crippen LogP contribution is -2.28. The van der Waals surface area contributed by atoms with Gasteiger partial charge in [0.2, 0.25) is 0 Å². The van der Waals surface area contributed by atoms with Gasteiger partial charge in [-0.1, -0.05) is 0 Å². The molecule has 0 aliphatic heterocycles. The highest BCUT2D eigenvalue weighted by Crippen LogP contribution is 2.25. The van der Waals surface area contributed by atoms with Gasteiger partial charge >= 0.3 is 0 Å². The minimum Gasteiger partial charge on any atom is -0.342 e. The van der Waals surface area contributed by atoms with Crippen molar-refractivity contribution < 1.29 is 4.79 Å². The molecule has 1 atom stereocenters. The van der Waals surface area contributed by atoms with Crippen molar-refractivity contribution in [1.82, 2.24) is 20.1 Å². The molecule has 3 rings (SSSR count). The van der Waals surface area contributed by atoms with Gasteiger partial charge in [-0.15, -0.1) is 11.3 Å². The van der Waals surface area contributed by atoms with Gasteiger partial charge in [0.15, 0.2) is 5.69 Å². The molecule has 0 spiro atoms. The molecule has 0 saturated heterocycles. The number of fused-ring (bicyclic) bond motifs is 1. The molecule has 1 unspecified atom stereocenters. The van der Waals surface area contributed by atoms with E-state index in [9.17, 15) is 4.79 Å². The molecule has 5 nitrogen and oxygen atoms in total. The van der Waals surface area contributed by atoms with Crippen LogP contribution in [0.4, 0.5) is 0 Å². The van der Waals surface area contributed by atoms with Crippen LogP contribution in [0.1, 0.15) is 58.3 Å². The molecule has 0 bridgehead atoms. The topological polar surface area (TPSA) is 59.8 Å². The van der Waals surface area contributed by atoms with Crippen LogP contribution in [0, 0.1) is 6.92 Å². The highest BCUT2D eigenvalue weighted by molar-refractivity contribution is 7.09. The van der Waals surface area contributed by atoms with E-state index in [1.165, 1.54) is 12.1 Å². The quantitative estimate of drug-likeness (QED) is 0.948. The molecule has 2 aromatic rings. The Labute approximate surface area is 128 Å². The van der Waals surface area contributed by atoms with Crippen molar-refractivity contribution in [3.8, 4) is 0 Å². The monoisotopic (exact) mass is 304 g/mol. The molecular formula is C15H20N4OS. The summed E-state index contributed by atoms with van der Waals surface area (Å²) in [6.45, 7) is 3.93. The number of carbonyl (C=O) groups excluding carboxylic acids is 1. The number of amides is 1. The van der Waals surface area contributed by atoms with Gasteiger partial charge in [0.05, 0.1) is 6.04 Å². The second-order valence-electron chi connectivity index (χ2n) is 5.63. The van der Waals surface area contributed by atoms with Crippen molar-refractivity contribution in [3.63, 3.8) is 0 Å². The molecule has 0 aromatic carbocycles. The van der Waals surface area contributed by atoms with E-state index < -0.39 is 0 Å². The molecule has 1 aliphatic carbocycles. The summed E-state index contributed by atoms with van der Waals surface area (Å²) in [4.78, 5) is 16.9. The lowest BCUT2D eigenvalue weighted by Gasteiger charge is -2.14. The molecule has 0 fully saturated rings. The molecule has 0 saturated carbocycles. The summed E-state index contributed by atoms with van der Waals surface area (Å²) in [5.74, 6) is -0.0888. The van der Waals surface area contributed by atoms with Crippen LogP contribution in [-0.2, 0) is 19.9 Å². The third-order valence-corrected chi connectivity index (χ3v) is 5.08. The number of hydrogen-bond acceptors (Lipinski definition) is 4. The lowest BCUT2D eigenvalue weighted by atomic mass is 9.95. The maximum absolute atomic E-state index is 12.5. The predicted molar refractivity (Wildman–Crippen MR) is 82.6 cm³/mol. The number of carbonyl (C=O) groups is 1. The lowest BCUT2D eigenvalue weighted by molar-refractivity contribution is 0.0933. The van der Waals surface area contributed by atoms with Crippen molar-refractivity contribution in [3.05, 3.63) is 33.0 Å². The number of nitrogens with one attached hydrogen (secondary N) is 1. The molecule has 1 N–H and O–H groups in total. The van der Waals surface area contributed by atoms with Gasteiger partial charge in [-0.05, 0) is 39.5 Å². The molecule has 0 radical (unpaired) electrons. The molecule has 21 heavy (non-hydrogen) atoms. The van der Waals surface area contributed by atoms with Crippen LogP contribution in [-0.4, -0.2) is 20.7 Å². The number of rotatable bonds is 3. The number of nitrogens with zero attached hydrogens (tertiary/aromatic N) is 3. The fraction of sp³-hybridized carbons (Fsp3) is 0.533. The van der Waals surface area contributed by atoms with E-state index in [2.05, 4.69) is 15.4 Å². The van der Waals surface area contributed by atoms with Crippen LogP contribution < -0.4 is 5.32 Å². The summed E-state index contributed by atoms with van der Waals surface area (Å²) >= 11 is 1.58. The van der Waals surface area contributed by atoms with Crippen LogP contribution in [0.2, 0.25) is 0 Å². The van der Waals surface area contributed by atoms with Gasteiger partial charge in [0.1, 0.15) is 5.01 Å². The molecule has 2 heterocycles. The maximum atomic E-state index is 12.5. The SMILES string of the molecule is Cc1csc(C(C)NC(=O)c2nn(C)c3c2CCCC3)n1. The van der Waals surface area contributed by atoms with E-state index in [0.717, 1.165) is 35.5 Å². The first-order valence-electron chi connectivity index (χ1n) is 7.34. The van der Waals surface area contributed by atoms with Crippen LogP contribution in [0.5, 0.6) is 0 Å². The van der Waals surface area contributed by atoms with E-state index in [1.54, 1.807) is 11.3 Å². The van der Waals surface area contributed by atoms with Crippen LogP contribution in [0.3, 0.4) is 0 Å². The third-order valence-electron chi connectivity index (χ3n) is 3.94. The van der Waals surface area contributed by atoms with Crippen molar-refractivity contribution >= 4 is 17.2 Å². The molecule has 2 aromatic heterocycles. The summed E-state index contributed by atoms with van der Waals surface area (Å²) in [7, 11) is 1.93. The highest BCUT2D eigenvalue weighted by atomic mass is 32.1. The van der Waals surface area contributed by atoms with Crippen LogP contribution >= 0.6 is 11.3 Å². The van der Waals surface area contributed by atoms with E-state index in [4.69, 9.17) is 0 Å². The Hall–Kier alpha value is -1.69. The first-order valence-corrected chi connectivity index (χ1v) is 8.22. The Kier molecular flexibility index (Phi) is 3.80. The number of thiazole rings is 1. The van der Waals surface area contributed by atoms with Gasteiger partial charge < -0.3 is 5.32 Å². The summed E-state index contributed by atoms with van der Waals surface area (Å²) in [6.07, 6.45) is 4.30. The Balaban J connectivity index is 1.79. The summed E-state index contributed by atoms with van der Waals surface area (Å²) in [5.41, 5.74) is 3.92. The smallest absolute Gasteiger partial charge is 0.272 e. The van der Waals surface area contributed by atoms with E-state index in [1.807, 2.05) is 31.0 Å². The standard InChI is InChI=1S/C15H20N4OS/c1-9-8-21-15(16-9)10(2)17-14(20)13-11-6-4-5-7-12(11)19(3)18-13/h8,10H,4-7H2,1-3H3,(H,17,20). The summed E-state index contributed by atoms with van der Waals surface area (Å²) in [6, 6.07) is -0.0857. The normalized spacial score (nSPS) is 15.6. The van der Waals surface area contributed by atoms with Gasteiger partial charge in [-0.3, -0.25) is 9.48 Å². The number of aryl methyl sites for hydroxylation is 2. The molecule has 1 amide bonds. The summed E-state index contributed by atoms with van der Waals surface area (Å²) in [5, 5.41) is 10.4. The predicted octanol–water partition coefficient (Wildman–Crippen LogP) is 2.55. The van der Waals surface area contributed by atoms with Gasteiger partial charge in [-0.2, -0.15) is 5.10 Å². The van der Waals surface area contributed by atoms with E-state index in [-0.39, 0.29) is 11.9 Å². The first-order chi connectivity index (χ1) is 10.1. The third kappa shape index (κ3) is 2.72. The number of aromatic nitrogens is 3. The van der Waals surface area contributed by atoms with Gasteiger partial charge in [0.25, 0.3) is 5.91 Å². The van der Waals surface area contributed by atoms with Gasteiger partial charge in [-0.25, -0.2) is 4.98 Å². The second kappa shape index (κ2) is 5.60. The van der Waals surface area contributed by atoms with Crippen LogP contribution in [0.15, 0.2) is 5.38 Å². The Morgan fingerprint density at radius 3 is 2.90 bits per heavy atom. The highest BCUT2D eigenvalue weighted by Gasteiger charge is 2.25. The fourth-order valence-electron chi connectivity index (χ4n) is 2.85. The van der Waals surface area contributed by atoms with E-state index in [0.29, 0.717) is 5.69 Å². The zero-order valence-corrected chi connectivity index (χ0v) is 13.5. The van der Waals surface area contributed by atoms with Crippen molar-refractivity contribution in [2.75, 3.05) is 0 Å². The van der Waals surface area contributed by atoms with Crippen LogP contribution in [0.25, 0.3) is 0 Å². The van der Waals surface area contributed by atoms with E-state index >= 15 is 0 Å². The minimum absolute atomic E-state index is 0.0857. The molecule has 6 heteroatoms. The fourth-order valence-corrected chi connectivity index (χ4v) is 3.66. The zero-order chi connectivity index (χ0) is 15.0.